The Morgan fingerprint density at radius 1 is 1.16 bits per heavy atom. The molecule has 31 heavy (non-hydrogen) atoms. The van der Waals surface area contributed by atoms with Gasteiger partial charge in [-0.15, -0.1) is 21.5 Å². The van der Waals surface area contributed by atoms with E-state index < -0.39 is 0 Å². The quantitative estimate of drug-likeness (QED) is 0.565. The molecule has 2 heterocycles. The topological polar surface area (TPSA) is 94.7 Å². The van der Waals surface area contributed by atoms with Crippen molar-refractivity contribution < 1.29 is 9.90 Å². The summed E-state index contributed by atoms with van der Waals surface area (Å²) in [6.07, 6.45) is 3.07. The van der Waals surface area contributed by atoms with E-state index in [0.29, 0.717) is 10.7 Å². The first-order valence-corrected chi connectivity index (χ1v) is 11.3. The summed E-state index contributed by atoms with van der Waals surface area (Å²) >= 11 is 1.33. The van der Waals surface area contributed by atoms with Crippen LogP contribution in [0.15, 0.2) is 30.3 Å². The maximum atomic E-state index is 12.8. The van der Waals surface area contributed by atoms with Gasteiger partial charge in [0.15, 0.2) is 0 Å². The van der Waals surface area contributed by atoms with Crippen LogP contribution in [0.3, 0.4) is 0 Å². The predicted molar refractivity (Wildman–Crippen MR) is 121 cm³/mol. The van der Waals surface area contributed by atoms with Gasteiger partial charge in [-0.05, 0) is 53.0 Å². The Balaban J connectivity index is 1.69. The molecule has 3 aromatic rings. The molecule has 7 nitrogen and oxygen atoms in total. The van der Waals surface area contributed by atoms with Gasteiger partial charge < -0.3 is 4.90 Å². The molecule has 1 aliphatic carbocycles. The Morgan fingerprint density at radius 2 is 1.87 bits per heavy atom. The highest BCUT2D eigenvalue weighted by molar-refractivity contribution is 7.19. The van der Waals surface area contributed by atoms with E-state index in [4.69, 9.17) is 0 Å². The van der Waals surface area contributed by atoms with E-state index in [1.165, 1.54) is 11.3 Å². The molecule has 0 saturated heterocycles. The van der Waals surface area contributed by atoms with Gasteiger partial charge in [0.25, 0.3) is 0 Å². The third-order valence-electron chi connectivity index (χ3n) is 5.89. The average molecular weight is 439 g/mol. The minimum atomic E-state index is -0.133. The fourth-order valence-corrected chi connectivity index (χ4v) is 6.33. The largest absolute Gasteiger partial charge is 0.310 e. The number of hydrogen-bond donors (Lipinski definition) is 1. The number of benzene rings is 1. The van der Waals surface area contributed by atoms with Crippen molar-refractivity contribution >= 4 is 22.9 Å². The maximum absolute atomic E-state index is 12.8. The van der Waals surface area contributed by atoms with Gasteiger partial charge in [-0.3, -0.25) is 9.90 Å². The summed E-state index contributed by atoms with van der Waals surface area (Å²) < 4.78 is 0. The fraction of sp³-hybridized carbons (Fsp3) is 0.478. The van der Waals surface area contributed by atoms with Crippen LogP contribution in [0.25, 0.3) is 21.1 Å². The Hall–Kier alpha value is -2.74. The van der Waals surface area contributed by atoms with Crippen molar-refractivity contribution in [2.24, 2.45) is 10.8 Å². The van der Waals surface area contributed by atoms with Crippen molar-refractivity contribution in [3.63, 3.8) is 0 Å². The van der Waals surface area contributed by atoms with Crippen LogP contribution in [0.2, 0.25) is 0 Å². The summed E-state index contributed by atoms with van der Waals surface area (Å²) in [5, 5.41) is 26.2. The van der Waals surface area contributed by atoms with Crippen LogP contribution in [-0.2, 0) is 9.90 Å². The second-order valence-corrected chi connectivity index (χ2v) is 11.1. The lowest BCUT2D eigenvalue weighted by molar-refractivity contribution is -0.117. The zero-order chi connectivity index (χ0) is 22.4. The summed E-state index contributed by atoms with van der Waals surface area (Å²) in [5.41, 5.74) is 2.10. The number of amides is 1. The molecule has 0 unspecified atom stereocenters. The van der Waals surface area contributed by atoms with Crippen molar-refractivity contribution in [1.29, 1.82) is 0 Å². The van der Waals surface area contributed by atoms with Crippen LogP contribution < -0.4 is 4.90 Å². The lowest BCUT2D eigenvalue weighted by Crippen LogP contribution is -2.48. The Labute approximate surface area is 186 Å². The number of tetrazole rings is 1. The van der Waals surface area contributed by atoms with Gasteiger partial charge in [0, 0.05) is 29.6 Å². The number of anilines is 1. The van der Waals surface area contributed by atoms with Gasteiger partial charge in [-0.25, -0.2) is 0 Å². The van der Waals surface area contributed by atoms with Gasteiger partial charge in [0.1, 0.15) is 4.88 Å². The third kappa shape index (κ3) is 4.49. The number of carbonyl (C=O) groups is 1. The highest BCUT2D eigenvalue weighted by Gasteiger charge is 2.41. The van der Waals surface area contributed by atoms with Crippen molar-refractivity contribution in [3.05, 3.63) is 30.3 Å². The summed E-state index contributed by atoms with van der Waals surface area (Å²) in [4.78, 5) is 16.0. The molecule has 1 fully saturated rings. The highest BCUT2D eigenvalue weighted by atomic mass is 32.1. The summed E-state index contributed by atoms with van der Waals surface area (Å²) in [7, 11) is 0. The first-order chi connectivity index (χ1) is 14.5. The average Bonchev–Trinajstić information content (AvgIpc) is 3.28. The van der Waals surface area contributed by atoms with Crippen LogP contribution in [0.4, 0.5) is 5.69 Å². The zero-order valence-electron chi connectivity index (χ0n) is 18.6. The molecule has 1 N–H and O–H groups in total. The first-order valence-electron chi connectivity index (χ1n) is 10.5. The minimum Gasteiger partial charge on any atom is -0.310 e. The van der Waals surface area contributed by atoms with E-state index in [2.05, 4.69) is 48.3 Å². The molecule has 0 spiro atoms. The summed E-state index contributed by atoms with van der Waals surface area (Å²) in [6, 6.07) is 9.62. The van der Waals surface area contributed by atoms with Gasteiger partial charge in [0.2, 0.25) is 17.5 Å². The number of carbonyl (C=O) groups excluding carboxylic acids is 1. The predicted octanol–water partition coefficient (Wildman–Crippen LogP) is 5.70. The van der Waals surface area contributed by atoms with Gasteiger partial charge in [-0.1, -0.05) is 39.8 Å². The number of nitrogens with zero attached hydrogens (tertiary/aromatic N) is 4. The van der Waals surface area contributed by atoms with E-state index in [-0.39, 0.29) is 28.5 Å². The SMILES string of the molecule is CC(=O)N(c1cccc(-c2cc([O])c(-c3nn[nH]n3)s2)c1)C1CC(C)(C)CC(C)(C)C1. The maximum Gasteiger partial charge on any atom is 0.224 e. The Kier molecular flexibility index (Phi) is 5.37. The smallest absolute Gasteiger partial charge is 0.224 e. The molecule has 0 atom stereocenters. The molecule has 0 bridgehead atoms. The molecule has 1 aromatic carbocycles. The lowest BCUT2D eigenvalue weighted by Gasteiger charge is -2.48. The number of nitrogens with one attached hydrogen (secondary N) is 1. The summed E-state index contributed by atoms with van der Waals surface area (Å²) in [5.74, 6) is 0.208. The Bertz CT molecular complexity index is 1070. The standard InChI is InChI=1S/C23H28N5O2S/c1-14(29)28(17-11-22(2,3)13-23(4,5)12-17)16-8-6-7-15(9-16)19-10-18(30)20(31-19)21-24-26-27-25-21/h6-10,17H,11-13H2,1-5H3,(H,24,25,26,27). The van der Waals surface area contributed by atoms with Crippen LogP contribution in [0.1, 0.15) is 53.9 Å². The number of H-pyrrole nitrogens is 1. The van der Waals surface area contributed by atoms with Gasteiger partial charge in [0.05, 0.1) is 0 Å². The van der Waals surface area contributed by atoms with E-state index in [0.717, 1.165) is 35.4 Å². The monoisotopic (exact) mass is 438 g/mol. The number of aromatic amines is 1. The number of rotatable bonds is 4. The highest BCUT2D eigenvalue weighted by Crippen LogP contribution is 2.48. The molecule has 1 radical (unpaired) electrons. The van der Waals surface area contributed by atoms with E-state index >= 15 is 0 Å². The van der Waals surface area contributed by atoms with Crippen LogP contribution in [-0.4, -0.2) is 32.6 Å². The normalized spacial score (nSPS) is 18.1. The van der Waals surface area contributed by atoms with Crippen molar-refractivity contribution in [3.8, 4) is 26.9 Å². The van der Waals surface area contributed by atoms with Crippen molar-refractivity contribution in [2.75, 3.05) is 4.90 Å². The lowest BCUT2D eigenvalue weighted by atomic mass is 9.63. The van der Waals surface area contributed by atoms with E-state index in [9.17, 15) is 9.90 Å². The molecule has 1 saturated carbocycles. The second-order valence-electron chi connectivity index (χ2n) is 10.0. The number of aromatic nitrogens is 4. The molecular formula is C23H28N5O2S. The molecule has 4 rings (SSSR count). The van der Waals surface area contributed by atoms with E-state index in [1.54, 1.807) is 13.0 Å². The van der Waals surface area contributed by atoms with Gasteiger partial charge in [-0.2, -0.15) is 5.21 Å². The van der Waals surface area contributed by atoms with Crippen molar-refractivity contribution in [2.45, 2.75) is 59.9 Å². The summed E-state index contributed by atoms with van der Waals surface area (Å²) in [6.45, 7) is 10.8. The number of hydrogen-bond acceptors (Lipinski definition) is 5. The molecule has 2 aromatic heterocycles. The van der Waals surface area contributed by atoms with Gasteiger partial charge >= 0.3 is 0 Å². The molecule has 1 aliphatic rings. The Morgan fingerprint density at radius 3 is 2.48 bits per heavy atom. The second kappa shape index (κ2) is 7.75. The molecule has 0 aliphatic heterocycles. The van der Waals surface area contributed by atoms with Crippen LogP contribution in [0, 0.1) is 10.8 Å². The first kappa shape index (κ1) is 21.5. The third-order valence-corrected chi connectivity index (χ3v) is 7.05. The molecule has 1 amide bonds. The van der Waals surface area contributed by atoms with Crippen molar-refractivity contribution in [1.82, 2.24) is 20.6 Å². The molecule has 8 heteroatoms. The van der Waals surface area contributed by atoms with Crippen LogP contribution in [0.5, 0.6) is 5.75 Å². The van der Waals surface area contributed by atoms with Crippen LogP contribution >= 0.6 is 11.3 Å². The minimum absolute atomic E-state index is 0.0406. The molecular weight excluding hydrogens is 410 g/mol. The van der Waals surface area contributed by atoms with E-state index in [1.807, 2.05) is 29.2 Å². The zero-order valence-corrected chi connectivity index (χ0v) is 19.4. The molecule has 163 valence electrons. The fourth-order valence-electron chi connectivity index (χ4n) is 5.36. The number of thiophene rings is 1.